The van der Waals surface area contributed by atoms with Crippen molar-refractivity contribution >= 4 is 33.2 Å². The van der Waals surface area contributed by atoms with Crippen molar-refractivity contribution in [2.24, 2.45) is 5.73 Å². The first-order chi connectivity index (χ1) is 6.79. The molecule has 0 saturated heterocycles. The molecule has 4 heteroatoms. The Labute approximate surface area is 91.7 Å². The van der Waals surface area contributed by atoms with Crippen LogP contribution in [0.4, 0.5) is 0 Å². The molecule has 0 saturated carbocycles. The van der Waals surface area contributed by atoms with Crippen LogP contribution < -0.4 is 5.73 Å². The monoisotopic (exact) mass is 226 g/mol. The molecule has 1 aromatic carbocycles. The maximum absolute atomic E-state index is 5.89. The second-order valence-corrected chi connectivity index (χ2v) is 4.66. The van der Waals surface area contributed by atoms with Crippen LogP contribution in [0.15, 0.2) is 18.2 Å². The van der Waals surface area contributed by atoms with Gasteiger partial charge in [-0.15, -0.1) is 11.3 Å². The lowest BCUT2D eigenvalue weighted by atomic mass is 10.3. The third kappa shape index (κ3) is 2.05. The number of aryl methyl sites for hydroxylation is 1. The van der Waals surface area contributed by atoms with Crippen molar-refractivity contribution in [1.29, 1.82) is 0 Å². The van der Waals surface area contributed by atoms with Crippen LogP contribution in [0.3, 0.4) is 0 Å². The Hall–Kier alpha value is -0.640. The Morgan fingerprint density at radius 1 is 1.43 bits per heavy atom. The zero-order chi connectivity index (χ0) is 9.97. The molecule has 2 N–H and O–H groups in total. The van der Waals surface area contributed by atoms with Crippen molar-refractivity contribution in [3.63, 3.8) is 0 Å². The zero-order valence-corrected chi connectivity index (χ0v) is 9.24. The molecule has 0 radical (unpaired) electrons. The van der Waals surface area contributed by atoms with Crippen molar-refractivity contribution < 1.29 is 0 Å². The first-order valence-corrected chi connectivity index (χ1v) is 5.74. The van der Waals surface area contributed by atoms with E-state index in [1.165, 1.54) is 0 Å². The smallest absolute Gasteiger partial charge is 0.0939 e. The SMILES string of the molecule is NCCCc1nc2ccc(Cl)cc2s1. The summed E-state index contributed by atoms with van der Waals surface area (Å²) in [5, 5.41) is 1.92. The third-order valence-electron chi connectivity index (χ3n) is 1.99. The lowest BCUT2D eigenvalue weighted by Crippen LogP contribution is -1.99. The normalized spacial score (nSPS) is 11.0. The van der Waals surface area contributed by atoms with E-state index in [2.05, 4.69) is 4.98 Å². The summed E-state index contributed by atoms with van der Waals surface area (Å²) in [5.41, 5.74) is 6.48. The molecule has 2 rings (SSSR count). The van der Waals surface area contributed by atoms with E-state index in [4.69, 9.17) is 17.3 Å². The maximum Gasteiger partial charge on any atom is 0.0939 e. The molecular formula is C10H11ClN2S. The Kier molecular flexibility index (Phi) is 3.01. The second kappa shape index (κ2) is 4.26. The van der Waals surface area contributed by atoms with Crippen LogP contribution in [0, 0.1) is 0 Å². The Morgan fingerprint density at radius 2 is 2.29 bits per heavy atom. The molecular weight excluding hydrogens is 216 g/mol. The molecule has 0 spiro atoms. The molecule has 0 aliphatic carbocycles. The van der Waals surface area contributed by atoms with Crippen LogP contribution in [0.2, 0.25) is 5.02 Å². The largest absolute Gasteiger partial charge is 0.330 e. The van der Waals surface area contributed by atoms with Crippen molar-refractivity contribution in [3.05, 3.63) is 28.2 Å². The van der Waals surface area contributed by atoms with E-state index in [1.54, 1.807) is 11.3 Å². The van der Waals surface area contributed by atoms with Gasteiger partial charge >= 0.3 is 0 Å². The van der Waals surface area contributed by atoms with Crippen molar-refractivity contribution in [2.45, 2.75) is 12.8 Å². The van der Waals surface area contributed by atoms with E-state index < -0.39 is 0 Å². The highest BCUT2D eigenvalue weighted by molar-refractivity contribution is 7.18. The van der Waals surface area contributed by atoms with Gasteiger partial charge in [-0.25, -0.2) is 4.98 Å². The van der Waals surface area contributed by atoms with Gasteiger partial charge in [0.25, 0.3) is 0 Å². The van der Waals surface area contributed by atoms with Crippen LogP contribution in [0.5, 0.6) is 0 Å². The van der Waals surface area contributed by atoms with Gasteiger partial charge in [-0.1, -0.05) is 11.6 Å². The van der Waals surface area contributed by atoms with E-state index in [-0.39, 0.29) is 0 Å². The summed E-state index contributed by atoms with van der Waals surface area (Å²) in [6.07, 6.45) is 1.96. The third-order valence-corrected chi connectivity index (χ3v) is 3.30. The number of aromatic nitrogens is 1. The summed E-state index contributed by atoms with van der Waals surface area (Å²) in [6.45, 7) is 0.719. The highest BCUT2D eigenvalue weighted by Crippen LogP contribution is 2.25. The lowest BCUT2D eigenvalue weighted by Gasteiger charge is -1.89. The van der Waals surface area contributed by atoms with Gasteiger partial charge in [-0.05, 0) is 31.2 Å². The van der Waals surface area contributed by atoms with Crippen molar-refractivity contribution in [1.82, 2.24) is 4.98 Å². The Morgan fingerprint density at radius 3 is 3.07 bits per heavy atom. The Bertz CT molecular complexity index is 439. The van der Waals surface area contributed by atoms with Crippen LogP contribution in [-0.4, -0.2) is 11.5 Å². The highest BCUT2D eigenvalue weighted by atomic mass is 35.5. The number of nitrogens with two attached hydrogens (primary N) is 1. The summed E-state index contributed by atoms with van der Waals surface area (Å²) in [6, 6.07) is 5.79. The second-order valence-electron chi connectivity index (χ2n) is 3.11. The van der Waals surface area contributed by atoms with Crippen LogP contribution in [0.25, 0.3) is 10.2 Å². The average molecular weight is 227 g/mol. The fourth-order valence-corrected chi connectivity index (χ4v) is 2.59. The molecule has 1 heterocycles. The minimum atomic E-state index is 0.719. The molecule has 2 aromatic rings. The molecule has 74 valence electrons. The summed E-state index contributed by atoms with van der Waals surface area (Å²) < 4.78 is 1.16. The molecule has 1 aromatic heterocycles. The van der Waals surface area contributed by atoms with Gasteiger partial charge in [0.2, 0.25) is 0 Å². The molecule has 0 bridgehead atoms. The van der Waals surface area contributed by atoms with Gasteiger partial charge in [0.05, 0.1) is 15.2 Å². The number of nitrogens with zero attached hydrogens (tertiary/aromatic N) is 1. The fraction of sp³-hybridized carbons (Fsp3) is 0.300. The molecule has 0 unspecified atom stereocenters. The van der Waals surface area contributed by atoms with Gasteiger partial charge in [0, 0.05) is 11.4 Å². The fourth-order valence-electron chi connectivity index (χ4n) is 1.31. The van der Waals surface area contributed by atoms with Crippen LogP contribution >= 0.6 is 22.9 Å². The minimum Gasteiger partial charge on any atom is -0.330 e. The predicted molar refractivity (Wildman–Crippen MR) is 62.0 cm³/mol. The van der Waals surface area contributed by atoms with Gasteiger partial charge in [-0.3, -0.25) is 0 Å². The summed E-state index contributed by atoms with van der Waals surface area (Å²) in [7, 11) is 0. The molecule has 0 amide bonds. The zero-order valence-electron chi connectivity index (χ0n) is 7.66. The number of rotatable bonds is 3. The molecule has 0 aliphatic heterocycles. The minimum absolute atomic E-state index is 0.719. The van der Waals surface area contributed by atoms with Gasteiger partial charge in [0.1, 0.15) is 0 Å². The van der Waals surface area contributed by atoms with E-state index in [0.29, 0.717) is 0 Å². The van der Waals surface area contributed by atoms with E-state index in [9.17, 15) is 0 Å². The highest BCUT2D eigenvalue weighted by Gasteiger charge is 2.03. The van der Waals surface area contributed by atoms with Crippen LogP contribution in [-0.2, 0) is 6.42 Å². The van der Waals surface area contributed by atoms with E-state index in [0.717, 1.165) is 39.6 Å². The number of benzene rings is 1. The van der Waals surface area contributed by atoms with Crippen molar-refractivity contribution in [3.8, 4) is 0 Å². The molecule has 14 heavy (non-hydrogen) atoms. The predicted octanol–water partition coefficient (Wildman–Crippen LogP) is 2.84. The first kappa shape index (κ1) is 9.90. The number of thiazole rings is 1. The quantitative estimate of drug-likeness (QED) is 0.874. The first-order valence-electron chi connectivity index (χ1n) is 4.54. The van der Waals surface area contributed by atoms with E-state index in [1.807, 2.05) is 18.2 Å². The van der Waals surface area contributed by atoms with Crippen molar-refractivity contribution in [2.75, 3.05) is 6.54 Å². The summed E-state index contributed by atoms with van der Waals surface area (Å²) in [5.74, 6) is 0. The topological polar surface area (TPSA) is 38.9 Å². The number of fused-ring (bicyclic) bond motifs is 1. The van der Waals surface area contributed by atoms with Gasteiger partial charge < -0.3 is 5.73 Å². The molecule has 0 atom stereocenters. The Balaban J connectivity index is 2.32. The number of hydrogen-bond donors (Lipinski definition) is 1. The number of halogens is 1. The van der Waals surface area contributed by atoms with Gasteiger partial charge in [-0.2, -0.15) is 0 Å². The molecule has 0 aliphatic rings. The van der Waals surface area contributed by atoms with Crippen LogP contribution in [0.1, 0.15) is 11.4 Å². The number of hydrogen-bond acceptors (Lipinski definition) is 3. The molecule has 2 nitrogen and oxygen atoms in total. The maximum atomic E-state index is 5.89. The average Bonchev–Trinajstić information content (AvgIpc) is 2.56. The standard InChI is InChI=1S/C10H11ClN2S/c11-7-3-4-8-9(6-7)14-10(13-8)2-1-5-12/h3-4,6H,1-2,5,12H2. The lowest BCUT2D eigenvalue weighted by molar-refractivity contribution is 0.828. The van der Waals surface area contributed by atoms with Gasteiger partial charge in [0.15, 0.2) is 0 Å². The summed E-state index contributed by atoms with van der Waals surface area (Å²) >= 11 is 7.59. The van der Waals surface area contributed by atoms with E-state index >= 15 is 0 Å². The molecule has 0 fully saturated rings. The summed E-state index contributed by atoms with van der Waals surface area (Å²) in [4.78, 5) is 4.50.